The molecule has 0 aliphatic rings. The molecule has 0 aromatic heterocycles. The van der Waals surface area contributed by atoms with Gasteiger partial charge in [-0.25, -0.2) is 19.2 Å². The highest BCUT2D eigenvalue weighted by Gasteiger charge is 2.13. The van der Waals surface area contributed by atoms with Crippen molar-refractivity contribution in [2.75, 3.05) is 26.4 Å². The SMILES string of the molecule is C=CC(=O)OCCCCCCOC(/C=C\C(=C)C(=O)Oc1ccc(OC(=O)c2ccc(OCCCCCCOC(=O)C=C)cc2)c(C)c1)=C/CC. The van der Waals surface area contributed by atoms with E-state index in [2.05, 4.69) is 19.7 Å². The van der Waals surface area contributed by atoms with Gasteiger partial charge in [0.2, 0.25) is 0 Å². The van der Waals surface area contributed by atoms with Crippen molar-refractivity contribution >= 4 is 23.9 Å². The number of aryl methyl sites for hydroxylation is 1. The maximum absolute atomic E-state index is 12.8. The van der Waals surface area contributed by atoms with Crippen LogP contribution < -0.4 is 14.2 Å². The molecule has 0 unspecified atom stereocenters. The Balaban J connectivity index is 1.75. The molecule has 0 atom stereocenters. The fourth-order valence-electron chi connectivity index (χ4n) is 4.40. The Bertz CT molecular complexity index is 1520. The van der Waals surface area contributed by atoms with E-state index in [9.17, 15) is 19.2 Å². The molecule has 0 bridgehead atoms. The van der Waals surface area contributed by atoms with Crippen molar-refractivity contribution in [1.82, 2.24) is 0 Å². The summed E-state index contributed by atoms with van der Waals surface area (Å²) in [4.78, 5) is 47.6. The van der Waals surface area contributed by atoms with Gasteiger partial charge in [-0.2, -0.15) is 0 Å². The topological polar surface area (TPSA) is 124 Å². The fraction of sp³-hybridized carbons (Fsp3) is 0.366. The summed E-state index contributed by atoms with van der Waals surface area (Å²) in [5, 5.41) is 0. The molecule has 0 aliphatic carbocycles. The van der Waals surface area contributed by atoms with E-state index in [4.69, 9.17) is 28.4 Å². The zero-order chi connectivity index (χ0) is 37.3. The summed E-state index contributed by atoms with van der Waals surface area (Å²) < 4.78 is 32.6. The van der Waals surface area contributed by atoms with E-state index in [-0.39, 0.29) is 11.3 Å². The number of allylic oxidation sites excluding steroid dienone is 2. The van der Waals surface area contributed by atoms with Gasteiger partial charge in [0.25, 0.3) is 0 Å². The molecule has 0 radical (unpaired) electrons. The first-order chi connectivity index (χ1) is 24.7. The van der Waals surface area contributed by atoms with Gasteiger partial charge in [0.1, 0.15) is 23.0 Å². The van der Waals surface area contributed by atoms with E-state index in [0.29, 0.717) is 54.8 Å². The largest absolute Gasteiger partial charge is 0.494 e. The fourth-order valence-corrected chi connectivity index (χ4v) is 4.40. The van der Waals surface area contributed by atoms with Gasteiger partial charge in [0.05, 0.1) is 37.6 Å². The van der Waals surface area contributed by atoms with Gasteiger partial charge in [-0.3, -0.25) is 0 Å². The van der Waals surface area contributed by atoms with Crippen LogP contribution in [0.2, 0.25) is 0 Å². The van der Waals surface area contributed by atoms with E-state index in [1.165, 1.54) is 0 Å². The predicted octanol–water partition coefficient (Wildman–Crippen LogP) is 8.50. The standard InChI is InChI=1S/C41H50O10/c1-6-17-34(46-26-13-9-11-15-28-48-38(42)7-2)21-18-31(4)40(44)50-36-24-25-37(32(5)30-36)51-41(45)33-19-22-35(23-20-33)47-27-14-10-12-16-29-49-39(43)8-3/h7-8,17-25,30H,2-4,6,9-16,26-29H2,1,5H3/b21-18-,34-17+. The Morgan fingerprint density at radius 3 is 1.76 bits per heavy atom. The lowest BCUT2D eigenvalue weighted by atomic mass is 10.2. The van der Waals surface area contributed by atoms with Gasteiger partial charge in [-0.15, -0.1) is 0 Å². The van der Waals surface area contributed by atoms with E-state index >= 15 is 0 Å². The number of unbranched alkanes of at least 4 members (excludes halogenated alkanes) is 6. The summed E-state index contributed by atoms with van der Waals surface area (Å²) in [5.41, 5.74) is 1.10. The number of esters is 4. The number of benzene rings is 2. The molecule has 51 heavy (non-hydrogen) atoms. The van der Waals surface area contributed by atoms with Crippen LogP contribution in [0.3, 0.4) is 0 Å². The summed E-state index contributed by atoms with van der Waals surface area (Å²) in [6.07, 6.45) is 15.2. The lowest BCUT2D eigenvalue weighted by molar-refractivity contribution is -0.138. The third-order valence-electron chi connectivity index (χ3n) is 7.20. The molecule has 274 valence electrons. The van der Waals surface area contributed by atoms with Crippen LogP contribution in [-0.2, 0) is 28.6 Å². The number of hydrogen-bond acceptors (Lipinski definition) is 10. The van der Waals surface area contributed by atoms with Gasteiger partial charge >= 0.3 is 23.9 Å². The minimum Gasteiger partial charge on any atom is -0.494 e. The minimum atomic E-state index is -0.628. The Labute approximate surface area is 301 Å². The summed E-state index contributed by atoms with van der Waals surface area (Å²) in [6.45, 7) is 16.1. The quantitative estimate of drug-likeness (QED) is 0.0248. The predicted molar refractivity (Wildman–Crippen MR) is 196 cm³/mol. The first-order valence-corrected chi connectivity index (χ1v) is 17.2. The summed E-state index contributed by atoms with van der Waals surface area (Å²) >= 11 is 0. The zero-order valence-corrected chi connectivity index (χ0v) is 29.8. The van der Waals surface area contributed by atoms with Gasteiger partial charge in [-0.1, -0.05) is 26.7 Å². The van der Waals surface area contributed by atoms with Gasteiger partial charge in [0, 0.05) is 12.2 Å². The van der Waals surface area contributed by atoms with Crippen LogP contribution in [0.15, 0.2) is 104 Å². The average Bonchev–Trinajstić information content (AvgIpc) is 3.13. The summed E-state index contributed by atoms with van der Waals surface area (Å²) in [6, 6.07) is 11.4. The molecule has 2 rings (SSSR count). The van der Waals surface area contributed by atoms with Crippen LogP contribution in [0, 0.1) is 6.92 Å². The van der Waals surface area contributed by atoms with Crippen LogP contribution >= 0.6 is 0 Å². The average molecular weight is 703 g/mol. The van der Waals surface area contributed by atoms with Crippen LogP contribution in [0.1, 0.15) is 80.6 Å². The maximum atomic E-state index is 12.8. The molecular formula is C41H50O10. The molecule has 0 fully saturated rings. The highest BCUT2D eigenvalue weighted by molar-refractivity contribution is 5.93. The minimum absolute atomic E-state index is 0.138. The second-order valence-corrected chi connectivity index (χ2v) is 11.4. The third kappa shape index (κ3) is 17.7. The maximum Gasteiger partial charge on any atom is 0.343 e. The summed E-state index contributed by atoms with van der Waals surface area (Å²) in [5.74, 6) is -0.0917. The second-order valence-electron chi connectivity index (χ2n) is 11.4. The number of rotatable bonds is 25. The molecule has 10 nitrogen and oxygen atoms in total. The van der Waals surface area contributed by atoms with E-state index in [1.54, 1.807) is 61.5 Å². The molecular weight excluding hydrogens is 652 g/mol. The number of carbonyl (C=O) groups is 4. The molecule has 0 amide bonds. The monoisotopic (exact) mass is 702 g/mol. The normalized spacial score (nSPS) is 11.0. The Morgan fingerprint density at radius 2 is 1.22 bits per heavy atom. The molecule has 2 aromatic carbocycles. The van der Waals surface area contributed by atoms with Crippen molar-refractivity contribution in [2.24, 2.45) is 0 Å². The Hall–Kier alpha value is -5.38. The van der Waals surface area contributed by atoms with Crippen molar-refractivity contribution in [3.8, 4) is 17.2 Å². The molecule has 0 aliphatic heterocycles. The van der Waals surface area contributed by atoms with Crippen molar-refractivity contribution in [3.63, 3.8) is 0 Å². The van der Waals surface area contributed by atoms with Crippen LogP contribution in [-0.4, -0.2) is 50.3 Å². The molecule has 0 N–H and O–H groups in total. The van der Waals surface area contributed by atoms with Crippen LogP contribution in [0.4, 0.5) is 0 Å². The third-order valence-corrected chi connectivity index (χ3v) is 7.20. The summed E-state index contributed by atoms with van der Waals surface area (Å²) in [7, 11) is 0. The number of hydrogen-bond donors (Lipinski definition) is 0. The van der Waals surface area contributed by atoms with E-state index < -0.39 is 23.9 Å². The smallest absolute Gasteiger partial charge is 0.343 e. The van der Waals surface area contributed by atoms with Gasteiger partial charge < -0.3 is 28.4 Å². The molecule has 10 heteroatoms. The lowest BCUT2D eigenvalue weighted by Crippen LogP contribution is -2.11. The molecule has 0 heterocycles. The van der Waals surface area contributed by atoms with Crippen molar-refractivity contribution in [3.05, 3.63) is 115 Å². The van der Waals surface area contributed by atoms with Crippen LogP contribution in [0.25, 0.3) is 0 Å². The molecule has 0 saturated heterocycles. The first kappa shape index (κ1) is 41.8. The van der Waals surface area contributed by atoms with E-state index in [0.717, 1.165) is 69.9 Å². The molecule has 0 spiro atoms. The number of ether oxygens (including phenoxy) is 6. The Morgan fingerprint density at radius 1 is 0.667 bits per heavy atom. The first-order valence-electron chi connectivity index (χ1n) is 17.2. The van der Waals surface area contributed by atoms with Crippen molar-refractivity contribution in [2.45, 2.75) is 71.6 Å². The zero-order valence-electron chi connectivity index (χ0n) is 29.8. The highest BCUT2D eigenvalue weighted by atomic mass is 16.5. The number of carbonyl (C=O) groups excluding carboxylic acids is 4. The molecule has 2 aromatic rings. The second kappa shape index (κ2) is 24.7. The van der Waals surface area contributed by atoms with Gasteiger partial charge in [-0.05, 0) is 131 Å². The van der Waals surface area contributed by atoms with Crippen LogP contribution in [0.5, 0.6) is 17.2 Å². The highest BCUT2D eigenvalue weighted by Crippen LogP contribution is 2.25. The molecule has 0 saturated carbocycles. The van der Waals surface area contributed by atoms with Crippen molar-refractivity contribution < 1.29 is 47.6 Å². The van der Waals surface area contributed by atoms with Crippen molar-refractivity contribution in [1.29, 1.82) is 0 Å². The van der Waals surface area contributed by atoms with E-state index in [1.807, 2.05) is 13.0 Å². The van der Waals surface area contributed by atoms with Gasteiger partial charge in [0.15, 0.2) is 0 Å². The lowest BCUT2D eigenvalue weighted by Gasteiger charge is -2.11. The Kier molecular flexibility index (Phi) is 20.2.